The molecule has 19 heavy (non-hydrogen) atoms. The van der Waals surface area contributed by atoms with E-state index in [1.165, 1.54) is 28.0 Å². The Morgan fingerprint density at radius 3 is 2.95 bits per heavy atom. The van der Waals surface area contributed by atoms with E-state index in [0.29, 0.717) is 0 Å². The number of hydrogen-bond donors (Lipinski definition) is 1. The largest absolute Gasteiger partial charge is 0.353 e. The van der Waals surface area contributed by atoms with E-state index in [1.54, 1.807) is 0 Å². The van der Waals surface area contributed by atoms with Gasteiger partial charge in [-0.25, -0.2) is 4.79 Å². The summed E-state index contributed by atoms with van der Waals surface area (Å²) in [4.78, 5) is 24.7. The van der Waals surface area contributed by atoms with Gasteiger partial charge in [0.2, 0.25) is 0 Å². The molecule has 0 spiro atoms. The number of rotatable bonds is 3. The van der Waals surface area contributed by atoms with Gasteiger partial charge in [-0.1, -0.05) is 24.3 Å². The molecule has 2 aromatic rings. The van der Waals surface area contributed by atoms with Crippen LogP contribution in [-0.4, -0.2) is 9.55 Å². The summed E-state index contributed by atoms with van der Waals surface area (Å²) in [5.41, 5.74) is 1.66. The van der Waals surface area contributed by atoms with E-state index < -0.39 is 11.2 Å². The highest BCUT2D eigenvalue weighted by molar-refractivity contribution is 5.33. The van der Waals surface area contributed by atoms with Crippen molar-refractivity contribution in [2.24, 2.45) is 0 Å². The molecule has 1 atom stereocenters. The molecule has 0 aliphatic heterocycles. The number of nitrogens with zero attached hydrogens (tertiary/aromatic N) is 1. The van der Waals surface area contributed by atoms with Gasteiger partial charge in [0.15, 0.2) is 0 Å². The normalized spacial score (nSPS) is 17.4. The molecule has 1 N–H and O–H groups in total. The van der Waals surface area contributed by atoms with Gasteiger partial charge in [-0.05, 0) is 24.0 Å². The topological polar surface area (TPSA) is 64.1 Å². The zero-order valence-electron chi connectivity index (χ0n) is 10.3. The lowest BCUT2D eigenvalue weighted by Gasteiger charge is -2.13. The van der Waals surface area contributed by atoms with E-state index in [9.17, 15) is 9.59 Å². The highest BCUT2D eigenvalue weighted by Gasteiger charge is 2.22. The zero-order chi connectivity index (χ0) is 13.2. The molecule has 0 saturated heterocycles. The van der Waals surface area contributed by atoms with Crippen molar-refractivity contribution in [2.45, 2.75) is 25.7 Å². The number of ether oxygens (including phenoxy) is 1. The van der Waals surface area contributed by atoms with Crippen molar-refractivity contribution < 1.29 is 4.74 Å². The Bertz CT molecular complexity index is 702. The Morgan fingerprint density at radius 1 is 1.26 bits per heavy atom. The molecule has 98 valence electrons. The van der Waals surface area contributed by atoms with Gasteiger partial charge in [-0.3, -0.25) is 14.3 Å². The molecule has 0 bridgehead atoms. The van der Waals surface area contributed by atoms with Crippen LogP contribution < -0.4 is 11.2 Å². The third-order valence-electron chi connectivity index (χ3n) is 3.39. The number of aromatic amines is 1. The molecule has 5 nitrogen and oxygen atoms in total. The van der Waals surface area contributed by atoms with Crippen LogP contribution in [0.5, 0.6) is 0 Å². The van der Waals surface area contributed by atoms with Gasteiger partial charge in [0.1, 0.15) is 6.73 Å². The van der Waals surface area contributed by atoms with Crippen LogP contribution in [0, 0.1) is 0 Å². The van der Waals surface area contributed by atoms with Crippen LogP contribution in [-0.2, 0) is 17.9 Å². The highest BCUT2D eigenvalue weighted by atomic mass is 16.5. The fraction of sp³-hybridized carbons (Fsp3) is 0.286. The quantitative estimate of drug-likeness (QED) is 0.899. The molecule has 1 aliphatic rings. The van der Waals surface area contributed by atoms with Crippen LogP contribution in [0.4, 0.5) is 0 Å². The second kappa shape index (κ2) is 4.85. The summed E-state index contributed by atoms with van der Waals surface area (Å²) in [6, 6.07) is 9.49. The maximum absolute atomic E-state index is 11.5. The highest BCUT2D eigenvalue weighted by Crippen LogP contribution is 2.33. The number of hydrogen-bond acceptors (Lipinski definition) is 3. The molecule has 3 rings (SSSR count). The first-order chi connectivity index (χ1) is 9.24. The van der Waals surface area contributed by atoms with E-state index in [0.717, 1.165) is 12.8 Å². The van der Waals surface area contributed by atoms with Crippen molar-refractivity contribution in [3.8, 4) is 0 Å². The molecule has 1 aliphatic carbocycles. The second-order valence-electron chi connectivity index (χ2n) is 4.60. The lowest BCUT2D eigenvalue weighted by Crippen LogP contribution is -2.29. The number of benzene rings is 1. The zero-order valence-corrected chi connectivity index (χ0v) is 10.3. The van der Waals surface area contributed by atoms with Gasteiger partial charge < -0.3 is 4.74 Å². The molecule has 1 aromatic heterocycles. The lowest BCUT2D eigenvalue weighted by molar-refractivity contribution is 0.00447. The van der Waals surface area contributed by atoms with Crippen molar-refractivity contribution in [3.63, 3.8) is 0 Å². The van der Waals surface area contributed by atoms with E-state index >= 15 is 0 Å². The molecule has 0 fully saturated rings. The monoisotopic (exact) mass is 258 g/mol. The van der Waals surface area contributed by atoms with Crippen LogP contribution in [0.25, 0.3) is 0 Å². The standard InChI is InChI=1S/C14H14N2O3/c17-13-7-8-16(14(18)15-13)9-19-12-6-5-10-3-1-2-4-11(10)12/h1-4,7-8,12H,5-6,9H2,(H,15,17,18). The van der Waals surface area contributed by atoms with Crippen molar-refractivity contribution >= 4 is 0 Å². The Balaban J connectivity index is 1.74. The smallest absolute Gasteiger partial charge is 0.330 e. The van der Waals surface area contributed by atoms with Gasteiger partial charge in [0.05, 0.1) is 6.10 Å². The molecule has 0 radical (unpaired) electrons. The van der Waals surface area contributed by atoms with Crippen molar-refractivity contribution in [2.75, 3.05) is 0 Å². The van der Waals surface area contributed by atoms with Crippen molar-refractivity contribution in [1.29, 1.82) is 0 Å². The fourth-order valence-electron chi connectivity index (χ4n) is 2.41. The summed E-state index contributed by atoms with van der Waals surface area (Å²) in [6.45, 7) is 0.147. The molecule has 1 aromatic carbocycles. The van der Waals surface area contributed by atoms with Crippen LogP contribution in [0.15, 0.2) is 46.1 Å². The molecule has 5 heteroatoms. The predicted octanol–water partition coefficient (Wildman–Crippen LogP) is 1.20. The van der Waals surface area contributed by atoms with Gasteiger partial charge in [-0.15, -0.1) is 0 Å². The third-order valence-corrected chi connectivity index (χ3v) is 3.39. The first kappa shape index (κ1) is 11.9. The summed E-state index contributed by atoms with van der Waals surface area (Å²) in [5.74, 6) is 0. The van der Waals surface area contributed by atoms with Crippen LogP contribution in [0.2, 0.25) is 0 Å². The molecular formula is C14H14N2O3. The molecule has 0 amide bonds. The number of nitrogens with one attached hydrogen (secondary N) is 1. The van der Waals surface area contributed by atoms with E-state index in [1.807, 2.05) is 12.1 Å². The van der Waals surface area contributed by atoms with E-state index in [2.05, 4.69) is 17.1 Å². The van der Waals surface area contributed by atoms with Crippen LogP contribution >= 0.6 is 0 Å². The summed E-state index contributed by atoms with van der Waals surface area (Å²) in [5, 5.41) is 0. The maximum Gasteiger partial charge on any atom is 0.330 e. The van der Waals surface area contributed by atoms with Crippen molar-refractivity contribution in [3.05, 3.63) is 68.5 Å². The number of H-pyrrole nitrogens is 1. The number of fused-ring (bicyclic) bond motifs is 1. The van der Waals surface area contributed by atoms with Crippen LogP contribution in [0.1, 0.15) is 23.7 Å². The summed E-state index contributed by atoms with van der Waals surface area (Å²) < 4.78 is 7.13. The Morgan fingerprint density at radius 2 is 2.11 bits per heavy atom. The second-order valence-corrected chi connectivity index (χ2v) is 4.60. The minimum absolute atomic E-state index is 0.0232. The van der Waals surface area contributed by atoms with Gasteiger partial charge in [0, 0.05) is 12.3 Å². The summed E-state index contributed by atoms with van der Waals surface area (Å²) >= 11 is 0. The maximum atomic E-state index is 11.5. The molecular weight excluding hydrogens is 244 g/mol. The van der Waals surface area contributed by atoms with Crippen LogP contribution in [0.3, 0.4) is 0 Å². The average Bonchev–Trinajstić information content (AvgIpc) is 2.81. The third kappa shape index (κ3) is 2.37. The summed E-state index contributed by atoms with van der Waals surface area (Å²) in [7, 11) is 0. The van der Waals surface area contributed by atoms with E-state index in [4.69, 9.17) is 4.74 Å². The number of aryl methyl sites for hydroxylation is 1. The Hall–Kier alpha value is -2.14. The first-order valence-corrected chi connectivity index (χ1v) is 6.23. The lowest BCUT2D eigenvalue weighted by atomic mass is 10.1. The Kier molecular flexibility index (Phi) is 3.05. The van der Waals surface area contributed by atoms with E-state index in [-0.39, 0.29) is 12.8 Å². The minimum atomic E-state index is -0.446. The fourth-order valence-corrected chi connectivity index (χ4v) is 2.41. The van der Waals surface area contributed by atoms with Gasteiger partial charge in [-0.2, -0.15) is 0 Å². The summed E-state index contributed by atoms with van der Waals surface area (Å²) in [6.07, 6.45) is 3.40. The molecule has 1 heterocycles. The number of aromatic nitrogens is 2. The molecule has 1 unspecified atom stereocenters. The predicted molar refractivity (Wildman–Crippen MR) is 69.9 cm³/mol. The Labute approximate surface area is 109 Å². The SMILES string of the molecule is O=c1ccn(COC2CCc3ccccc32)c(=O)[nH]1. The van der Waals surface area contributed by atoms with Crippen molar-refractivity contribution in [1.82, 2.24) is 9.55 Å². The molecule has 0 saturated carbocycles. The minimum Gasteiger partial charge on any atom is -0.353 e. The van der Waals surface area contributed by atoms with Gasteiger partial charge in [0.25, 0.3) is 5.56 Å². The van der Waals surface area contributed by atoms with Gasteiger partial charge >= 0.3 is 5.69 Å². The average molecular weight is 258 g/mol. The first-order valence-electron chi connectivity index (χ1n) is 6.23.